The maximum Gasteiger partial charge on any atom is 0.212 e. The van der Waals surface area contributed by atoms with Crippen LogP contribution >= 0.6 is 0 Å². The molecule has 104 valence electrons. The molecule has 0 aliphatic heterocycles. The second kappa shape index (κ2) is 4.70. The Balaban J connectivity index is 2.09. The van der Waals surface area contributed by atoms with Crippen molar-refractivity contribution in [3.63, 3.8) is 0 Å². The van der Waals surface area contributed by atoms with Crippen molar-refractivity contribution in [3.8, 4) is 11.3 Å². The van der Waals surface area contributed by atoms with E-state index in [1.165, 1.54) is 58.0 Å². The van der Waals surface area contributed by atoms with E-state index in [1.807, 2.05) is 0 Å². The van der Waals surface area contributed by atoms with Gasteiger partial charge in [0, 0.05) is 17.7 Å². The van der Waals surface area contributed by atoms with Crippen LogP contribution in [0.1, 0.15) is 23.1 Å². The molecule has 1 nitrogen and oxygen atoms in total. The van der Waals surface area contributed by atoms with Gasteiger partial charge in [0.2, 0.25) is 5.69 Å². The summed E-state index contributed by atoms with van der Waals surface area (Å²) in [5.74, 6) is 0. The van der Waals surface area contributed by atoms with Crippen molar-refractivity contribution in [2.24, 2.45) is 7.05 Å². The Morgan fingerprint density at radius 1 is 0.952 bits per heavy atom. The van der Waals surface area contributed by atoms with E-state index in [2.05, 4.69) is 67.2 Å². The van der Waals surface area contributed by atoms with Crippen molar-refractivity contribution in [2.75, 3.05) is 0 Å². The first-order valence-corrected chi connectivity index (χ1v) is 7.75. The van der Waals surface area contributed by atoms with Gasteiger partial charge in [-0.15, -0.1) is 0 Å². The highest BCUT2D eigenvalue weighted by molar-refractivity contribution is 5.96. The van der Waals surface area contributed by atoms with Crippen LogP contribution in [0.25, 0.3) is 22.0 Å². The van der Waals surface area contributed by atoms with Gasteiger partial charge in [-0.2, -0.15) is 0 Å². The number of aromatic nitrogens is 1. The van der Waals surface area contributed by atoms with Gasteiger partial charge in [-0.3, -0.25) is 0 Å². The third kappa shape index (κ3) is 1.88. The van der Waals surface area contributed by atoms with E-state index in [1.54, 1.807) is 0 Å². The minimum absolute atomic E-state index is 1.21. The number of nitrogens with zero attached hydrogens (tertiary/aromatic N) is 1. The Bertz CT molecular complexity index is 846. The van der Waals surface area contributed by atoms with Crippen molar-refractivity contribution in [1.82, 2.24) is 0 Å². The van der Waals surface area contributed by atoms with E-state index in [9.17, 15) is 0 Å². The molecule has 1 heteroatoms. The first kappa shape index (κ1) is 12.6. The van der Waals surface area contributed by atoms with Gasteiger partial charge in [-0.1, -0.05) is 18.2 Å². The fourth-order valence-electron chi connectivity index (χ4n) is 3.74. The highest BCUT2D eigenvalue weighted by Crippen LogP contribution is 2.36. The van der Waals surface area contributed by atoms with Gasteiger partial charge in [0.05, 0.1) is 0 Å². The van der Waals surface area contributed by atoms with Gasteiger partial charge in [0.1, 0.15) is 7.05 Å². The molecule has 1 aromatic heterocycles. The van der Waals surface area contributed by atoms with E-state index in [0.717, 1.165) is 0 Å². The minimum Gasteiger partial charge on any atom is -0.201 e. The van der Waals surface area contributed by atoms with Crippen LogP contribution in [0, 0.1) is 6.92 Å². The molecule has 0 saturated heterocycles. The van der Waals surface area contributed by atoms with E-state index in [4.69, 9.17) is 0 Å². The van der Waals surface area contributed by atoms with Gasteiger partial charge in [-0.05, 0) is 65.8 Å². The first-order valence-electron chi connectivity index (χ1n) is 7.75. The van der Waals surface area contributed by atoms with Crippen LogP contribution in [0.2, 0.25) is 0 Å². The van der Waals surface area contributed by atoms with E-state index >= 15 is 0 Å². The molecule has 0 fully saturated rings. The average Bonchev–Trinajstić information content (AvgIpc) is 2.52. The minimum atomic E-state index is 1.21. The summed E-state index contributed by atoms with van der Waals surface area (Å²) in [4.78, 5) is 0. The Morgan fingerprint density at radius 3 is 2.67 bits per heavy atom. The van der Waals surface area contributed by atoms with Crippen LogP contribution in [-0.2, 0) is 19.9 Å². The van der Waals surface area contributed by atoms with Gasteiger partial charge >= 0.3 is 0 Å². The summed E-state index contributed by atoms with van der Waals surface area (Å²) < 4.78 is 2.22. The predicted molar refractivity (Wildman–Crippen MR) is 87.3 cm³/mol. The molecule has 3 aromatic rings. The normalized spacial score (nSPS) is 13.6. The smallest absolute Gasteiger partial charge is 0.201 e. The third-order valence-corrected chi connectivity index (χ3v) is 4.82. The zero-order valence-corrected chi connectivity index (χ0v) is 12.7. The summed E-state index contributed by atoms with van der Waals surface area (Å²) in [6, 6.07) is 15.7. The molecule has 0 radical (unpaired) electrons. The molecule has 0 N–H and O–H groups in total. The van der Waals surface area contributed by atoms with Crippen LogP contribution in [0.3, 0.4) is 0 Å². The summed E-state index contributed by atoms with van der Waals surface area (Å²) in [6.07, 6.45) is 5.83. The van der Waals surface area contributed by atoms with Crippen molar-refractivity contribution in [3.05, 3.63) is 65.4 Å². The zero-order chi connectivity index (χ0) is 14.4. The molecule has 0 spiro atoms. The average molecular weight is 274 g/mol. The monoisotopic (exact) mass is 274 g/mol. The number of aryl methyl sites for hydroxylation is 4. The molecule has 21 heavy (non-hydrogen) atoms. The molecule has 0 atom stereocenters. The first-order chi connectivity index (χ1) is 10.3. The second-order valence-electron chi connectivity index (χ2n) is 6.10. The number of pyridine rings is 1. The van der Waals surface area contributed by atoms with E-state index in [-0.39, 0.29) is 0 Å². The lowest BCUT2D eigenvalue weighted by Crippen LogP contribution is -2.30. The van der Waals surface area contributed by atoms with Crippen molar-refractivity contribution >= 4 is 10.8 Å². The van der Waals surface area contributed by atoms with Crippen LogP contribution in [0.4, 0.5) is 0 Å². The quantitative estimate of drug-likeness (QED) is 0.587. The maximum absolute atomic E-state index is 2.43. The van der Waals surface area contributed by atoms with Crippen molar-refractivity contribution in [2.45, 2.75) is 26.2 Å². The van der Waals surface area contributed by atoms with Crippen molar-refractivity contribution in [1.29, 1.82) is 0 Å². The molecule has 1 heterocycles. The third-order valence-electron chi connectivity index (χ3n) is 4.82. The fraction of sp³-hybridized carbons (Fsp3) is 0.250. The molecule has 0 amide bonds. The van der Waals surface area contributed by atoms with Crippen LogP contribution in [0.15, 0.2) is 48.7 Å². The summed E-state index contributed by atoms with van der Waals surface area (Å²) in [5.41, 5.74) is 7.13. The summed E-state index contributed by atoms with van der Waals surface area (Å²) in [6.45, 7) is 2.26. The maximum atomic E-state index is 2.43. The van der Waals surface area contributed by atoms with Gasteiger partial charge in [0.25, 0.3) is 0 Å². The molecular formula is C20H20N+. The fourth-order valence-corrected chi connectivity index (χ4v) is 3.74. The second-order valence-corrected chi connectivity index (χ2v) is 6.10. The van der Waals surface area contributed by atoms with Gasteiger partial charge < -0.3 is 0 Å². The molecular weight excluding hydrogens is 254 g/mol. The predicted octanol–water partition coefficient (Wildman–Crippen LogP) is 4.13. The number of benzene rings is 2. The molecule has 0 bridgehead atoms. The zero-order valence-electron chi connectivity index (χ0n) is 12.7. The van der Waals surface area contributed by atoms with Gasteiger partial charge in [0.15, 0.2) is 6.20 Å². The molecule has 4 rings (SSSR count). The van der Waals surface area contributed by atoms with E-state index < -0.39 is 0 Å². The van der Waals surface area contributed by atoms with Crippen LogP contribution < -0.4 is 4.57 Å². The molecule has 2 aromatic carbocycles. The number of hydrogen-bond donors (Lipinski definition) is 0. The summed E-state index contributed by atoms with van der Waals surface area (Å²) >= 11 is 0. The van der Waals surface area contributed by atoms with Gasteiger partial charge in [-0.25, -0.2) is 4.57 Å². The standard InChI is InChI=1S/C20H20N/c1-14-17-10-6-8-15-7-5-9-16(20(15)17)13-18(14)19-11-3-4-12-21(19)2/h3-4,6,8,10-13H,5,7,9H2,1-2H3/q+1. The molecule has 0 saturated carbocycles. The van der Waals surface area contributed by atoms with Crippen LogP contribution in [-0.4, -0.2) is 0 Å². The lowest BCUT2D eigenvalue weighted by molar-refractivity contribution is -0.660. The van der Waals surface area contributed by atoms with E-state index in [0.29, 0.717) is 0 Å². The van der Waals surface area contributed by atoms with Crippen LogP contribution in [0.5, 0.6) is 0 Å². The largest absolute Gasteiger partial charge is 0.212 e. The Morgan fingerprint density at radius 2 is 1.81 bits per heavy atom. The lowest BCUT2D eigenvalue weighted by Gasteiger charge is -2.20. The summed E-state index contributed by atoms with van der Waals surface area (Å²) in [7, 11) is 2.13. The highest BCUT2D eigenvalue weighted by Gasteiger charge is 2.19. The SMILES string of the molecule is Cc1c(-c2cccc[n+]2C)cc2c3c(cccc13)CCC2. The molecule has 0 unspecified atom stereocenters. The Kier molecular flexibility index (Phi) is 2.81. The molecule has 1 aliphatic carbocycles. The Labute approximate surface area is 125 Å². The summed E-state index contributed by atoms with van der Waals surface area (Å²) in [5, 5.41) is 2.95. The Hall–Kier alpha value is -2.15. The van der Waals surface area contributed by atoms with Crippen molar-refractivity contribution < 1.29 is 4.57 Å². The highest BCUT2D eigenvalue weighted by atomic mass is 14.9. The number of rotatable bonds is 1. The molecule has 1 aliphatic rings. The lowest BCUT2D eigenvalue weighted by atomic mass is 9.84. The number of hydrogen-bond acceptors (Lipinski definition) is 0. The topological polar surface area (TPSA) is 3.88 Å².